The van der Waals surface area contributed by atoms with Crippen molar-refractivity contribution in [3.63, 3.8) is 0 Å². The van der Waals surface area contributed by atoms with Crippen LogP contribution >= 0.6 is 0 Å². The van der Waals surface area contributed by atoms with Gasteiger partial charge in [-0.3, -0.25) is 4.57 Å². The average molecular weight is 635 g/mol. The van der Waals surface area contributed by atoms with Gasteiger partial charge >= 0.3 is 0 Å². The number of para-hydroxylation sites is 1. The number of hydrogen-bond acceptors (Lipinski definition) is 2. The minimum Gasteiger partial charge on any atom is -0.307 e. The van der Waals surface area contributed by atoms with Crippen molar-refractivity contribution in [2.45, 2.75) is 0 Å². The summed E-state index contributed by atoms with van der Waals surface area (Å²) in [5.41, 5.74) is 9.60. The van der Waals surface area contributed by atoms with E-state index in [4.69, 9.17) is 9.97 Å². The lowest BCUT2D eigenvalue weighted by atomic mass is 10.0. The fraction of sp³-hybridized carbons (Fsp3) is 0. The van der Waals surface area contributed by atoms with Crippen LogP contribution < -0.4 is 0 Å². The molecule has 12 aromatic rings. The molecule has 230 valence electrons. The molecule has 12 rings (SSSR count). The molecule has 50 heavy (non-hydrogen) atoms. The van der Waals surface area contributed by atoms with E-state index in [-0.39, 0.29) is 0 Å². The van der Waals surface area contributed by atoms with Crippen molar-refractivity contribution in [3.8, 4) is 17.1 Å². The summed E-state index contributed by atoms with van der Waals surface area (Å²) in [5.74, 6) is 0.829. The Hall–Kier alpha value is -6.78. The molecular formula is C46H26N4. The van der Waals surface area contributed by atoms with Crippen LogP contribution in [0.5, 0.6) is 0 Å². The molecule has 0 aliphatic rings. The number of fused-ring (bicyclic) bond motifs is 10. The van der Waals surface area contributed by atoms with Crippen LogP contribution in [0.3, 0.4) is 0 Å². The minimum atomic E-state index is 0.829. The van der Waals surface area contributed by atoms with Gasteiger partial charge in [0, 0.05) is 43.3 Å². The van der Waals surface area contributed by atoms with Crippen LogP contribution in [0.2, 0.25) is 0 Å². The summed E-state index contributed by atoms with van der Waals surface area (Å²) in [6.07, 6.45) is 0. The molecule has 0 atom stereocenters. The summed E-state index contributed by atoms with van der Waals surface area (Å²) in [5, 5.41) is 12.2. The normalized spacial score (nSPS) is 12.4. The van der Waals surface area contributed by atoms with Crippen molar-refractivity contribution < 1.29 is 0 Å². The maximum absolute atomic E-state index is 5.51. The van der Waals surface area contributed by atoms with Crippen LogP contribution in [0.15, 0.2) is 158 Å². The van der Waals surface area contributed by atoms with Crippen LogP contribution in [0.25, 0.3) is 110 Å². The molecule has 0 spiro atoms. The van der Waals surface area contributed by atoms with Gasteiger partial charge in [0.15, 0.2) is 5.82 Å². The number of rotatable bonds is 2. The Morgan fingerprint density at radius 3 is 1.82 bits per heavy atom. The smallest absolute Gasteiger partial charge is 0.165 e. The SMILES string of the molecule is c1ccc(-c2nc3c(ccc4ccccc43)nc2-n2c3cccc4c5cccc6c7ccc8ccccc8c7n(c7cccc2c7c43)c56)cc1. The Bertz CT molecular complexity index is 3370. The molecule has 0 unspecified atom stereocenters. The van der Waals surface area contributed by atoms with Gasteiger partial charge in [-0.05, 0) is 40.4 Å². The fourth-order valence-corrected chi connectivity index (χ4v) is 8.74. The summed E-state index contributed by atoms with van der Waals surface area (Å²) in [4.78, 5) is 11.0. The Morgan fingerprint density at radius 1 is 0.380 bits per heavy atom. The molecule has 0 amide bonds. The molecule has 4 nitrogen and oxygen atoms in total. The Morgan fingerprint density at radius 2 is 0.960 bits per heavy atom. The highest BCUT2D eigenvalue weighted by molar-refractivity contribution is 6.32. The Balaban J connectivity index is 1.33. The molecule has 0 fully saturated rings. The first-order valence-electron chi connectivity index (χ1n) is 17.1. The maximum atomic E-state index is 5.51. The highest BCUT2D eigenvalue weighted by atomic mass is 15.1. The van der Waals surface area contributed by atoms with E-state index in [1.807, 2.05) is 0 Å². The minimum absolute atomic E-state index is 0.829. The predicted molar refractivity (Wildman–Crippen MR) is 209 cm³/mol. The number of aromatic nitrogens is 4. The van der Waals surface area contributed by atoms with E-state index < -0.39 is 0 Å². The van der Waals surface area contributed by atoms with Gasteiger partial charge in [-0.15, -0.1) is 0 Å². The van der Waals surface area contributed by atoms with Crippen molar-refractivity contribution in [1.29, 1.82) is 0 Å². The second-order valence-electron chi connectivity index (χ2n) is 13.3. The standard InChI is InChI=1S/C46H26N4/c1-2-13-29(14-3-1)42-46(47-36-26-24-27-11-4-6-15-30(27)43(36)48-42)49-37-20-9-17-32-33-18-8-19-34-35-25-23-28-12-5-7-16-31(28)44(35)50(45(33)34)39-22-10-21-38(49)41(39)40(32)37/h1-26H. The molecule has 8 aromatic carbocycles. The second-order valence-corrected chi connectivity index (χ2v) is 13.3. The van der Waals surface area contributed by atoms with Crippen LogP contribution in [-0.4, -0.2) is 18.9 Å². The lowest BCUT2D eigenvalue weighted by Gasteiger charge is -2.15. The van der Waals surface area contributed by atoms with Crippen LogP contribution in [0.4, 0.5) is 0 Å². The molecule has 4 heterocycles. The van der Waals surface area contributed by atoms with Crippen LogP contribution in [0, 0.1) is 0 Å². The lowest BCUT2D eigenvalue weighted by molar-refractivity contribution is 1.08. The van der Waals surface area contributed by atoms with Gasteiger partial charge < -0.3 is 4.40 Å². The summed E-state index contributed by atoms with van der Waals surface area (Å²) in [6.45, 7) is 0. The lowest BCUT2D eigenvalue weighted by Crippen LogP contribution is -2.04. The molecule has 4 aromatic heterocycles. The van der Waals surface area contributed by atoms with Gasteiger partial charge in [0.2, 0.25) is 0 Å². The fourth-order valence-electron chi connectivity index (χ4n) is 8.74. The van der Waals surface area contributed by atoms with Gasteiger partial charge in [0.05, 0.1) is 38.6 Å². The zero-order valence-corrected chi connectivity index (χ0v) is 26.8. The van der Waals surface area contributed by atoms with Crippen molar-refractivity contribution in [2.24, 2.45) is 0 Å². The van der Waals surface area contributed by atoms with Gasteiger partial charge in [0.1, 0.15) is 5.69 Å². The van der Waals surface area contributed by atoms with Crippen LogP contribution in [0.1, 0.15) is 0 Å². The largest absolute Gasteiger partial charge is 0.307 e. The summed E-state index contributed by atoms with van der Waals surface area (Å²) < 4.78 is 4.89. The summed E-state index contributed by atoms with van der Waals surface area (Å²) in [7, 11) is 0. The van der Waals surface area contributed by atoms with Gasteiger partial charge in [-0.2, -0.15) is 0 Å². The van der Waals surface area contributed by atoms with Crippen LogP contribution in [-0.2, 0) is 0 Å². The Labute approximate surface area is 285 Å². The molecule has 4 heteroatoms. The highest BCUT2D eigenvalue weighted by Crippen LogP contribution is 2.46. The van der Waals surface area contributed by atoms with Gasteiger partial charge in [-0.25, -0.2) is 9.97 Å². The predicted octanol–water partition coefficient (Wildman–Crippen LogP) is 11.9. The third-order valence-corrected chi connectivity index (χ3v) is 10.8. The highest BCUT2D eigenvalue weighted by Gasteiger charge is 2.25. The van der Waals surface area contributed by atoms with E-state index in [1.54, 1.807) is 0 Å². The van der Waals surface area contributed by atoms with E-state index in [0.717, 1.165) is 49.9 Å². The number of hydrogen-bond donors (Lipinski definition) is 0. The number of nitrogens with zero attached hydrogens (tertiary/aromatic N) is 4. The summed E-state index contributed by atoms with van der Waals surface area (Å²) >= 11 is 0. The zero-order valence-electron chi connectivity index (χ0n) is 26.8. The Kier molecular flexibility index (Phi) is 4.94. The molecule has 0 N–H and O–H groups in total. The second kappa shape index (κ2) is 9.43. The van der Waals surface area contributed by atoms with E-state index in [2.05, 4.69) is 167 Å². The first-order valence-corrected chi connectivity index (χ1v) is 17.1. The van der Waals surface area contributed by atoms with Gasteiger partial charge in [-0.1, -0.05) is 133 Å². The van der Waals surface area contributed by atoms with Gasteiger partial charge in [0.25, 0.3) is 0 Å². The third-order valence-electron chi connectivity index (χ3n) is 10.8. The van der Waals surface area contributed by atoms with E-state index >= 15 is 0 Å². The van der Waals surface area contributed by atoms with E-state index in [0.29, 0.717) is 0 Å². The molecular weight excluding hydrogens is 609 g/mol. The van der Waals surface area contributed by atoms with Crippen molar-refractivity contribution >= 4 is 92.5 Å². The maximum Gasteiger partial charge on any atom is 0.165 e. The molecule has 0 saturated carbocycles. The molecule has 0 aliphatic heterocycles. The molecule has 0 bridgehead atoms. The summed E-state index contributed by atoms with van der Waals surface area (Å²) in [6, 6.07) is 56.8. The number of benzene rings is 8. The van der Waals surface area contributed by atoms with Crippen molar-refractivity contribution in [2.75, 3.05) is 0 Å². The van der Waals surface area contributed by atoms with Crippen molar-refractivity contribution in [1.82, 2.24) is 18.9 Å². The zero-order chi connectivity index (χ0) is 32.5. The van der Waals surface area contributed by atoms with Crippen molar-refractivity contribution in [3.05, 3.63) is 158 Å². The first-order chi connectivity index (χ1) is 24.8. The average Bonchev–Trinajstić information content (AvgIpc) is 3.67. The first kappa shape index (κ1) is 26.2. The third kappa shape index (κ3) is 3.25. The molecule has 0 aliphatic carbocycles. The quantitative estimate of drug-likeness (QED) is 0.177. The molecule has 0 radical (unpaired) electrons. The molecule has 0 saturated heterocycles. The topological polar surface area (TPSA) is 35.1 Å². The monoisotopic (exact) mass is 634 g/mol. The van der Waals surface area contributed by atoms with E-state index in [9.17, 15) is 0 Å². The van der Waals surface area contributed by atoms with E-state index in [1.165, 1.54) is 59.6 Å².